The lowest BCUT2D eigenvalue weighted by atomic mass is 10.2. The summed E-state index contributed by atoms with van der Waals surface area (Å²) in [5.74, 6) is 2.09. The molecule has 0 saturated carbocycles. The number of nitrogens with zero attached hydrogens (tertiary/aromatic N) is 5. The number of benzene rings is 2. The van der Waals surface area contributed by atoms with Crippen LogP contribution in [0.25, 0.3) is 17.1 Å². The molecule has 0 radical (unpaired) electrons. The molecule has 5 rings (SSSR count). The first kappa shape index (κ1) is 20.6. The van der Waals surface area contributed by atoms with Gasteiger partial charge in [-0.15, -0.1) is 10.2 Å². The van der Waals surface area contributed by atoms with Crippen molar-refractivity contribution in [2.75, 3.05) is 18.0 Å². The average molecular weight is 517 g/mol. The number of aromatic nitrogens is 4. The standard InChI is InChI=1S/C22H19BrClN5OS/c23-16-8-6-15(7-9-16)20-25-18(13-30-20)14-31-22-27-26-21(28-10-1-2-11-28)29(22)19-5-3-4-17(24)12-19/h3-9,12-13H,1-2,10-11,14H2. The van der Waals surface area contributed by atoms with E-state index in [0.717, 1.165) is 45.6 Å². The van der Waals surface area contributed by atoms with Gasteiger partial charge in [0.05, 0.1) is 11.4 Å². The first-order valence-electron chi connectivity index (χ1n) is 9.97. The number of rotatable bonds is 6. The van der Waals surface area contributed by atoms with Crippen molar-refractivity contribution < 1.29 is 4.42 Å². The fourth-order valence-electron chi connectivity index (χ4n) is 3.56. The highest BCUT2D eigenvalue weighted by Gasteiger charge is 2.23. The summed E-state index contributed by atoms with van der Waals surface area (Å²) < 4.78 is 8.79. The van der Waals surface area contributed by atoms with Gasteiger partial charge in [0, 0.05) is 33.9 Å². The van der Waals surface area contributed by atoms with E-state index in [1.807, 2.05) is 48.5 Å². The summed E-state index contributed by atoms with van der Waals surface area (Å²) in [6, 6.07) is 15.7. The van der Waals surface area contributed by atoms with Gasteiger partial charge in [0.2, 0.25) is 11.8 Å². The fraction of sp³-hybridized carbons (Fsp3) is 0.227. The Morgan fingerprint density at radius 1 is 1.06 bits per heavy atom. The molecule has 2 aromatic heterocycles. The van der Waals surface area contributed by atoms with Crippen molar-refractivity contribution in [1.29, 1.82) is 0 Å². The maximum Gasteiger partial charge on any atom is 0.232 e. The average Bonchev–Trinajstić information content (AvgIpc) is 3.53. The maximum absolute atomic E-state index is 6.27. The molecule has 1 saturated heterocycles. The van der Waals surface area contributed by atoms with Gasteiger partial charge in [0.1, 0.15) is 6.26 Å². The lowest BCUT2D eigenvalue weighted by Gasteiger charge is -2.18. The van der Waals surface area contributed by atoms with Crippen LogP contribution in [0.15, 0.2) is 68.8 Å². The fourth-order valence-corrected chi connectivity index (χ4v) is 4.83. The molecule has 0 atom stereocenters. The van der Waals surface area contributed by atoms with E-state index < -0.39 is 0 Å². The smallest absolute Gasteiger partial charge is 0.232 e. The highest BCUT2D eigenvalue weighted by atomic mass is 79.9. The first-order valence-corrected chi connectivity index (χ1v) is 12.1. The van der Waals surface area contributed by atoms with Crippen molar-refractivity contribution in [2.24, 2.45) is 0 Å². The maximum atomic E-state index is 6.27. The first-order chi connectivity index (χ1) is 15.2. The Kier molecular flexibility index (Phi) is 6.02. The van der Waals surface area contributed by atoms with Crippen LogP contribution in [0.5, 0.6) is 0 Å². The SMILES string of the molecule is Clc1cccc(-n2c(SCc3coc(-c4ccc(Br)cc4)n3)nnc2N2CCCC2)c1. The van der Waals surface area contributed by atoms with Crippen LogP contribution in [-0.4, -0.2) is 32.8 Å². The Balaban J connectivity index is 1.40. The van der Waals surface area contributed by atoms with E-state index >= 15 is 0 Å². The molecule has 0 aliphatic carbocycles. The molecule has 6 nitrogen and oxygen atoms in total. The Morgan fingerprint density at radius 2 is 1.87 bits per heavy atom. The van der Waals surface area contributed by atoms with Crippen LogP contribution >= 0.6 is 39.3 Å². The highest BCUT2D eigenvalue weighted by Crippen LogP contribution is 2.31. The number of hydrogen-bond acceptors (Lipinski definition) is 6. The number of anilines is 1. The molecular formula is C22H19BrClN5OS. The van der Waals surface area contributed by atoms with Crippen molar-refractivity contribution in [3.8, 4) is 17.1 Å². The largest absolute Gasteiger partial charge is 0.444 e. The molecule has 0 N–H and O–H groups in total. The summed E-state index contributed by atoms with van der Waals surface area (Å²) in [7, 11) is 0. The zero-order valence-corrected chi connectivity index (χ0v) is 19.7. The number of oxazole rings is 1. The van der Waals surface area contributed by atoms with Gasteiger partial charge >= 0.3 is 0 Å². The van der Waals surface area contributed by atoms with Crippen LogP contribution < -0.4 is 4.90 Å². The number of thioether (sulfide) groups is 1. The molecule has 1 fully saturated rings. The zero-order valence-electron chi connectivity index (χ0n) is 16.5. The van der Waals surface area contributed by atoms with Crippen LogP contribution in [0.1, 0.15) is 18.5 Å². The van der Waals surface area contributed by atoms with E-state index in [9.17, 15) is 0 Å². The molecular weight excluding hydrogens is 498 g/mol. The second-order valence-electron chi connectivity index (χ2n) is 7.23. The Bertz CT molecular complexity index is 1190. The molecule has 3 heterocycles. The van der Waals surface area contributed by atoms with Gasteiger partial charge in [0.25, 0.3) is 0 Å². The topological polar surface area (TPSA) is 60.0 Å². The Morgan fingerprint density at radius 3 is 2.65 bits per heavy atom. The molecule has 2 aromatic carbocycles. The summed E-state index contributed by atoms with van der Waals surface area (Å²) in [5, 5.41) is 10.5. The molecule has 0 bridgehead atoms. The van der Waals surface area contributed by atoms with E-state index in [4.69, 9.17) is 16.0 Å². The lowest BCUT2D eigenvalue weighted by molar-refractivity contribution is 0.573. The summed E-state index contributed by atoms with van der Waals surface area (Å²) in [6.45, 7) is 1.98. The second kappa shape index (κ2) is 9.06. The third-order valence-corrected chi connectivity index (χ3v) is 6.79. The van der Waals surface area contributed by atoms with Gasteiger partial charge in [-0.2, -0.15) is 0 Å². The summed E-state index contributed by atoms with van der Waals surface area (Å²) in [5.41, 5.74) is 2.75. The molecule has 1 aliphatic rings. The summed E-state index contributed by atoms with van der Waals surface area (Å²) in [6.07, 6.45) is 4.04. The molecule has 0 amide bonds. The normalized spacial score (nSPS) is 13.8. The van der Waals surface area contributed by atoms with Gasteiger partial charge in [-0.1, -0.05) is 45.4 Å². The van der Waals surface area contributed by atoms with E-state index in [2.05, 4.69) is 40.6 Å². The molecule has 0 unspecified atom stereocenters. The Hall–Kier alpha value is -2.29. The van der Waals surface area contributed by atoms with Gasteiger partial charge in [-0.3, -0.25) is 4.57 Å². The van der Waals surface area contributed by atoms with E-state index in [-0.39, 0.29) is 0 Å². The second-order valence-corrected chi connectivity index (χ2v) is 9.53. The third-order valence-electron chi connectivity index (χ3n) is 5.06. The third kappa shape index (κ3) is 4.51. The minimum atomic E-state index is 0.608. The van der Waals surface area contributed by atoms with Crippen molar-refractivity contribution in [3.63, 3.8) is 0 Å². The van der Waals surface area contributed by atoms with E-state index in [0.29, 0.717) is 16.7 Å². The number of halogens is 2. The molecule has 158 valence electrons. The van der Waals surface area contributed by atoms with Gasteiger partial charge in [0.15, 0.2) is 5.16 Å². The van der Waals surface area contributed by atoms with E-state index in [1.54, 1.807) is 18.0 Å². The van der Waals surface area contributed by atoms with Crippen LogP contribution in [-0.2, 0) is 5.75 Å². The molecule has 9 heteroatoms. The predicted molar refractivity (Wildman–Crippen MR) is 127 cm³/mol. The van der Waals surface area contributed by atoms with Crippen molar-refractivity contribution in [3.05, 3.63) is 70.0 Å². The van der Waals surface area contributed by atoms with Crippen molar-refractivity contribution >= 4 is 45.2 Å². The molecule has 0 spiro atoms. The van der Waals surface area contributed by atoms with Crippen LogP contribution in [0.4, 0.5) is 5.95 Å². The zero-order chi connectivity index (χ0) is 21.2. The summed E-state index contributed by atoms with van der Waals surface area (Å²) in [4.78, 5) is 6.91. The molecule has 31 heavy (non-hydrogen) atoms. The quantitative estimate of drug-likeness (QED) is 0.283. The van der Waals surface area contributed by atoms with Gasteiger partial charge < -0.3 is 9.32 Å². The van der Waals surface area contributed by atoms with Gasteiger partial charge in [-0.05, 0) is 55.3 Å². The molecule has 4 aromatic rings. The van der Waals surface area contributed by atoms with Crippen LogP contribution in [0.2, 0.25) is 5.02 Å². The molecule has 1 aliphatic heterocycles. The van der Waals surface area contributed by atoms with Crippen molar-refractivity contribution in [2.45, 2.75) is 23.8 Å². The van der Waals surface area contributed by atoms with Crippen molar-refractivity contribution in [1.82, 2.24) is 19.7 Å². The van der Waals surface area contributed by atoms with Crippen LogP contribution in [0.3, 0.4) is 0 Å². The predicted octanol–water partition coefficient (Wildman–Crippen LogP) is 6.23. The van der Waals surface area contributed by atoms with Crippen LogP contribution in [0, 0.1) is 0 Å². The Labute approximate surface area is 197 Å². The minimum absolute atomic E-state index is 0.608. The number of hydrogen-bond donors (Lipinski definition) is 0. The van der Waals surface area contributed by atoms with Gasteiger partial charge in [-0.25, -0.2) is 4.98 Å². The minimum Gasteiger partial charge on any atom is -0.444 e. The summed E-state index contributed by atoms with van der Waals surface area (Å²) >= 11 is 11.3. The van der Waals surface area contributed by atoms with E-state index in [1.165, 1.54) is 12.8 Å². The monoisotopic (exact) mass is 515 g/mol. The lowest BCUT2D eigenvalue weighted by Crippen LogP contribution is -2.22. The highest BCUT2D eigenvalue weighted by molar-refractivity contribution is 9.10.